The standard InChI is InChI=1S/C25H30F3NO4/c1-17-22(14-19-10-12-21(13-11-19)33-25(26,27)28)20(15-31-16-23(29)24(30)32-17)9-5-8-18-6-3-2-4-7-18/h2-4,6-7,10-13,17,20,22-23H,5,8-9,14-16,29H2,1H3/t17-,20-,22-,23-/m0/s1. The molecule has 0 spiro atoms. The van der Waals surface area contributed by atoms with Crippen LogP contribution in [0.2, 0.25) is 0 Å². The summed E-state index contributed by atoms with van der Waals surface area (Å²) in [6.07, 6.45) is -1.93. The average molecular weight is 466 g/mol. The van der Waals surface area contributed by atoms with Gasteiger partial charge in [-0.15, -0.1) is 13.2 Å². The molecule has 1 aliphatic heterocycles. The van der Waals surface area contributed by atoms with Crippen molar-refractivity contribution in [3.63, 3.8) is 0 Å². The summed E-state index contributed by atoms with van der Waals surface area (Å²) in [5, 5.41) is 0. The molecule has 0 saturated carbocycles. The number of hydrogen-bond acceptors (Lipinski definition) is 5. The van der Waals surface area contributed by atoms with Gasteiger partial charge in [-0.25, -0.2) is 0 Å². The minimum atomic E-state index is -4.73. The van der Waals surface area contributed by atoms with Gasteiger partial charge < -0.3 is 19.9 Å². The minimum absolute atomic E-state index is 0.0793. The first-order chi connectivity index (χ1) is 15.7. The van der Waals surface area contributed by atoms with Gasteiger partial charge in [0.2, 0.25) is 0 Å². The lowest BCUT2D eigenvalue weighted by Crippen LogP contribution is -2.39. The van der Waals surface area contributed by atoms with E-state index in [1.807, 2.05) is 25.1 Å². The van der Waals surface area contributed by atoms with Gasteiger partial charge in [0.05, 0.1) is 6.61 Å². The predicted molar refractivity (Wildman–Crippen MR) is 118 cm³/mol. The van der Waals surface area contributed by atoms with Crippen molar-refractivity contribution in [3.8, 4) is 5.75 Å². The van der Waals surface area contributed by atoms with Crippen molar-refractivity contribution in [1.29, 1.82) is 0 Å². The molecule has 1 aliphatic rings. The molecule has 3 rings (SSSR count). The highest BCUT2D eigenvalue weighted by Crippen LogP contribution is 2.30. The molecule has 0 bridgehead atoms. The lowest BCUT2D eigenvalue weighted by Gasteiger charge is -2.31. The Balaban J connectivity index is 1.73. The SMILES string of the molecule is C[C@@H]1OC(=O)[C@@H](N)COC[C@H](CCCc2ccccc2)[C@H]1Cc1ccc(OC(F)(F)F)cc1. The van der Waals surface area contributed by atoms with E-state index >= 15 is 0 Å². The van der Waals surface area contributed by atoms with Crippen molar-refractivity contribution >= 4 is 5.97 Å². The maximum Gasteiger partial charge on any atom is 0.573 e. The third-order valence-electron chi connectivity index (χ3n) is 5.95. The molecule has 180 valence electrons. The number of esters is 1. The zero-order valence-corrected chi connectivity index (χ0v) is 18.6. The van der Waals surface area contributed by atoms with E-state index in [0.717, 1.165) is 24.8 Å². The van der Waals surface area contributed by atoms with E-state index in [9.17, 15) is 18.0 Å². The Bertz CT molecular complexity index is 873. The average Bonchev–Trinajstić information content (AvgIpc) is 2.81. The van der Waals surface area contributed by atoms with Crippen LogP contribution in [0, 0.1) is 11.8 Å². The highest BCUT2D eigenvalue weighted by atomic mass is 19.4. The Hall–Kier alpha value is -2.58. The molecule has 1 saturated heterocycles. The van der Waals surface area contributed by atoms with Crippen molar-refractivity contribution in [3.05, 3.63) is 65.7 Å². The van der Waals surface area contributed by atoms with Crippen LogP contribution in [-0.2, 0) is 27.1 Å². The van der Waals surface area contributed by atoms with E-state index in [1.54, 1.807) is 12.1 Å². The summed E-state index contributed by atoms with van der Waals surface area (Å²) in [6, 6.07) is 15.1. The molecule has 1 fully saturated rings. The zero-order chi connectivity index (χ0) is 23.8. The highest BCUT2D eigenvalue weighted by Gasteiger charge is 2.33. The Morgan fingerprint density at radius 3 is 2.39 bits per heavy atom. The van der Waals surface area contributed by atoms with E-state index in [-0.39, 0.29) is 24.2 Å². The van der Waals surface area contributed by atoms with Crippen molar-refractivity contribution in [1.82, 2.24) is 0 Å². The van der Waals surface area contributed by atoms with Gasteiger partial charge >= 0.3 is 12.3 Å². The predicted octanol–water partition coefficient (Wildman–Crippen LogP) is 4.67. The number of carbonyl (C=O) groups excluding carboxylic acids is 1. The number of alkyl halides is 3. The molecule has 33 heavy (non-hydrogen) atoms. The van der Waals surface area contributed by atoms with E-state index in [2.05, 4.69) is 16.9 Å². The third kappa shape index (κ3) is 8.05. The Morgan fingerprint density at radius 1 is 1.03 bits per heavy atom. The van der Waals surface area contributed by atoms with Gasteiger partial charge in [-0.1, -0.05) is 42.5 Å². The first-order valence-corrected chi connectivity index (χ1v) is 11.1. The largest absolute Gasteiger partial charge is 0.573 e. The van der Waals surface area contributed by atoms with Crippen molar-refractivity contribution in [2.75, 3.05) is 13.2 Å². The summed E-state index contributed by atoms with van der Waals surface area (Å²) in [6.45, 7) is 2.37. The van der Waals surface area contributed by atoms with Crippen LogP contribution in [0.4, 0.5) is 13.2 Å². The first-order valence-electron chi connectivity index (χ1n) is 11.1. The minimum Gasteiger partial charge on any atom is -0.461 e. The summed E-state index contributed by atoms with van der Waals surface area (Å²) in [5.74, 6) is -0.766. The molecule has 8 heteroatoms. The number of hydrogen-bond donors (Lipinski definition) is 1. The lowest BCUT2D eigenvalue weighted by atomic mass is 9.80. The third-order valence-corrected chi connectivity index (χ3v) is 5.95. The molecule has 0 aliphatic carbocycles. The number of rotatable bonds is 7. The molecule has 2 aromatic carbocycles. The van der Waals surface area contributed by atoms with Crippen LogP contribution < -0.4 is 10.5 Å². The van der Waals surface area contributed by atoms with Crippen LogP contribution in [0.1, 0.15) is 30.9 Å². The van der Waals surface area contributed by atoms with Gasteiger partial charge in [0.15, 0.2) is 0 Å². The van der Waals surface area contributed by atoms with Crippen LogP contribution in [0.15, 0.2) is 54.6 Å². The van der Waals surface area contributed by atoms with Gasteiger partial charge in [0.1, 0.15) is 17.9 Å². The fourth-order valence-corrected chi connectivity index (χ4v) is 4.22. The van der Waals surface area contributed by atoms with E-state index in [4.69, 9.17) is 15.2 Å². The Kier molecular flexibility index (Phi) is 8.74. The number of cyclic esters (lactones) is 1. The number of ether oxygens (including phenoxy) is 3. The Morgan fingerprint density at radius 2 is 1.73 bits per heavy atom. The maximum absolute atomic E-state index is 12.5. The molecule has 0 radical (unpaired) electrons. The maximum atomic E-state index is 12.5. The fourth-order valence-electron chi connectivity index (χ4n) is 4.22. The first kappa shape index (κ1) is 25.1. The summed E-state index contributed by atoms with van der Waals surface area (Å²) >= 11 is 0. The van der Waals surface area contributed by atoms with Crippen LogP contribution in [0.3, 0.4) is 0 Å². The molecular formula is C25H30F3NO4. The van der Waals surface area contributed by atoms with Crippen LogP contribution >= 0.6 is 0 Å². The van der Waals surface area contributed by atoms with Gasteiger partial charge in [-0.2, -0.15) is 0 Å². The molecule has 2 N–H and O–H groups in total. The van der Waals surface area contributed by atoms with Crippen molar-refractivity contribution in [2.24, 2.45) is 17.6 Å². The highest BCUT2D eigenvalue weighted by molar-refractivity contribution is 5.75. The molecule has 1 heterocycles. The smallest absolute Gasteiger partial charge is 0.461 e. The van der Waals surface area contributed by atoms with Gasteiger partial charge in [-0.3, -0.25) is 4.79 Å². The molecule has 0 aromatic heterocycles. The summed E-state index contributed by atoms with van der Waals surface area (Å²) in [5.41, 5.74) is 7.94. The molecule has 5 nitrogen and oxygen atoms in total. The van der Waals surface area contributed by atoms with E-state index in [1.165, 1.54) is 17.7 Å². The van der Waals surface area contributed by atoms with Crippen LogP contribution in [0.5, 0.6) is 5.75 Å². The molecular weight excluding hydrogens is 435 g/mol. The van der Waals surface area contributed by atoms with Crippen LogP contribution in [-0.4, -0.2) is 37.7 Å². The van der Waals surface area contributed by atoms with Gasteiger partial charge in [0, 0.05) is 12.5 Å². The molecule has 0 unspecified atom stereocenters. The lowest BCUT2D eigenvalue weighted by molar-refractivity contribution is -0.274. The van der Waals surface area contributed by atoms with Gasteiger partial charge in [0.25, 0.3) is 0 Å². The Labute approximate surface area is 192 Å². The monoisotopic (exact) mass is 465 g/mol. The summed E-state index contributed by atoms with van der Waals surface area (Å²) < 4.78 is 52.7. The molecule has 4 atom stereocenters. The van der Waals surface area contributed by atoms with Crippen molar-refractivity contribution < 1.29 is 32.2 Å². The molecule has 0 amide bonds. The zero-order valence-electron chi connectivity index (χ0n) is 18.6. The number of carbonyl (C=O) groups is 1. The topological polar surface area (TPSA) is 70.8 Å². The second kappa shape index (κ2) is 11.5. The number of benzene rings is 2. The second-order valence-corrected chi connectivity index (χ2v) is 8.48. The molecule has 2 aromatic rings. The number of halogens is 3. The quantitative estimate of drug-likeness (QED) is 0.602. The summed E-state index contributed by atoms with van der Waals surface area (Å²) in [4.78, 5) is 12.3. The van der Waals surface area contributed by atoms with Crippen molar-refractivity contribution in [2.45, 2.75) is 51.1 Å². The van der Waals surface area contributed by atoms with Gasteiger partial charge in [-0.05, 0) is 61.8 Å². The van der Waals surface area contributed by atoms with E-state index in [0.29, 0.717) is 13.0 Å². The fraction of sp³-hybridized carbons (Fsp3) is 0.480. The number of aryl methyl sites for hydroxylation is 1. The second-order valence-electron chi connectivity index (χ2n) is 8.48. The normalized spacial score (nSPS) is 24.3. The van der Waals surface area contributed by atoms with E-state index < -0.39 is 24.5 Å². The summed E-state index contributed by atoms with van der Waals surface area (Å²) in [7, 11) is 0. The van der Waals surface area contributed by atoms with Crippen LogP contribution in [0.25, 0.3) is 0 Å². The number of nitrogens with two attached hydrogens (primary N) is 1.